The van der Waals surface area contributed by atoms with Crippen molar-refractivity contribution in [2.75, 3.05) is 32.8 Å². The van der Waals surface area contributed by atoms with E-state index in [0.29, 0.717) is 51.7 Å². The number of aryl methyl sites for hydroxylation is 1. The molecule has 1 saturated heterocycles. The van der Waals surface area contributed by atoms with E-state index in [2.05, 4.69) is 5.32 Å². The zero-order valence-electron chi connectivity index (χ0n) is 17.0. The van der Waals surface area contributed by atoms with Crippen molar-refractivity contribution < 1.29 is 14.3 Å². The lowest BCUT2D eigenvalue weighted by Gasteiger charge is -2.36. The van der Waals surface area contributed by atoms with Crippen LogP contribution in [0.4, 0.5) is 4.79 Å². The van der Waals surface area contributed by atoms with Gasteiger partial charge in [-0.05, 0) is 37.8 Å². The molecule has 1 aromatic rings. The van der Waals surface area contributed by atoms with Crippen molar-refractivity contribution in [3.05, 3.63) is 29.8 Å². The highest BCUT2D eigenvalue weighted by molar-refractivity contribution is 5.78. The molecule has 2 aliphatic rings. The third-order valence-corrected chi connectivity index (χ3v) is 5.73. The van der Waals surface area contributed by atoms with Crippen molar-refractivity contribution in [2.45, 2.75) is 57.9 Å². The van der Waals surface area contributed by atoms with E-state index in [0.717, 1.165) is 24.2 Å². The van der Waals surface area contributed by atoms with Crippen LogP contribution in [-0.2, 0) is 11.2 Å². The highest BCUT2D eigenvalue weighted by atomic mass is 16.5. The number of hydrogen-bond donors (Lipinski definition) is 1. The van der Waals surface area contributed by atoms with Gasteiger partial charge in [0.1, 0.15) is 5.75 Å². The first-order valence-electron chi connectivity index (χ1n) is 10.7. The smallest absolute Gasteiger partial charge is 0.317 e. The van der Waals surface area contributed by atoms with E-state index in [1.165, 1.54) is 19.3 Å². The van der Waals surface area contributed by atoms with E-state index in [-0.39, 0.29) is 11.9 Å². The third kappa shape index (κ3) is 5.63. The molecule has 0 radical (unpaired) electrons. The van der Waals surface area contributed by atoms with Gasteiger partial charge in [0.15, 0.2) is 0 Å². The zero-order valence-corrected chi connectivity index (χ0v) is 17.0. The molecule has 0 spiro atoms. The highest BCUT2D eigenvalue weighted by Gasteiger charge is 2.25. The Labute approximate surface area is 168 Å². The Kier molecular flexibility index (Phi) is 7.57. The topological polar surface area (TPSA) is 61.9 Å². The van der Waals surface area contributed by atoms with Crippen LogP contribution in [0, 0.1) is 0 Å². The summed E-state index contributed by atoms with van der Waals surface area (Å²) in [5, 5.41) is 3.17. The van der Waals surface area contributed by atoms with E-state index in [1.54, 1.807) is 0 Å². The van der Waals surface area contributed by atoms with Crippen LogP contribution in [-0.4, -0.2) is 60.6 Å². The van der Waals surface area contributed by atoms with Gasteiger partial charge in [-0.1, -0.05) is 37.5 Å². The average molecular weight is 388 g/mol. The predicted molar refractivity (Wildman–Crippen MR) is 109 cm³/mol. The monoisotopic (exact) mass is 387 g/mol. The molecule has 154 valence electrons. The van der Waals surface area contributed by atoms with Crippen molar-refractivity contribution in [1.29, 1.82) is 0 Å². The number of piperazine rings is 1. The summed E-state index contributed by atoms with van der Waals surface area (Å²) in [6, 6.07) is 8.26. The van der Waals surface area contributed by atoms with Gasteiger partial charge in [0.25, 0.3) is 0 Å². The Morgan fingerprint density at radius 2 is 1.71 bits per heavy atom. The maximum absolute atomic E-state index is 12.6. The minimum atomic E-state index is 0.0321. The maximum atomic E-state index is 12.6. The number of urea groups is 1. The fraction of sp³-hybridized carbons (Fsp3) is 0.636. The Morgan fingerprint density at radius 1 is 1.04 bits per heavy atom. The number of hydrogen-bond acceptors (Lipinski definition) is 3. The normalized spacial score (nSPS) is 18.0. The van der Waals surface area contributed by atoms with Gasteiger partial charge in [-0.15, -0.1) is 0 Å². The van der Waals surface area contributed by atoms with Crippen LogP contribution in [0.1, 0.15) is 51.0 Å². The number of para-hydroxylation sites is 1. The summed E-state index contributed by atoms with van der Waals surface area (Å²) >= 11 is 0. The molecule has 1 aliphatic heterocycles. The number of ether oxygens (including phenoxy) is 1. The summed E-state index contributed by atoms with van der Waals surface area (Å²) in [6.45, 7) is 5.04. The van der Waals surface area contributed by atoms with Crippen LogP contribution in [0.5, 0.6) is 5.75 Å². The van der Waals surface area contributed by atoms with Crippen LogP contribution in [0.15, 0.2) is 24.3 Å². The van der Waals surface area contributed by atoms with Gasteiger partial charge in [0, 0.05) is 38.6 Å². The Morgan fingerprint density at radius 3 is 2.43 bits per heavy atom. The fourth-order valence-electron chi connectivity index (χ4n) is 4.08. The van der Waals surface area contributed by atoms with Crippen LogP contribution >= 0.6 is 0 Å². The lowest BCUT2D eigenvalue weighted by Crippen LogP contribution is -2.54. The van der Waals surface area contributed by atoms with Crippen molar-refractivity contribution in [2.24, 2.45) is 0 Å². The maximum Gasteiger partial charge on any atom is 0.317 e. The minimum Gasteiger partial charge on any atom is -0.494 e. The number of carbonyl (C=O) groups excluding carboxylic acids is 2. The minimum absolute atomic E-state index is 0.0321. The lowest BCUT2D eigenvalue weighted by atomic mass is 9.96. The summed E-state index contributed by atoms with van der Waals surface area (Å²) in [5.41, 5.74) is 1.07. The first-order valence-corrected chi connectivity index (χ1v) is 10.7. The zero-order chi connectivity index (χ0) is 19.8. The molecule has 0 bridgehead atoms. The Bertz CT molecular complexity index is 650. The molecule has 3 amide bonds. The van der Waals surface area contributed by atoms with E-state index in [9.17, 15) is 9.59 Å². The van der Waals surface area contributed by atoms with Crippen LogP contribution < -0.4 is 10.1 Å². The number of nitrogens with zero attached hydrogens (tertiary/aromatic N) is 2. The largest absolute Gasteiger partial charge is 0.494 e. The van der Waals surface area contributed by atoms with E-state index >= 15 is 0 Å². The molecular weight excluding hydrogens is 354 g/mol. The van der Waals surface area contributed by atoms with Crippen LogP contribution in [0.2, 0.25) is 0 Å². The van der Waals surface area contributed by atoms with Gasteiger partial charge in [-0.25, -0.2) is 4.79 Å². The number of carbonyl (C=O) groups is 2. The SMILES string of the molecule is CCOc1ccccc1CCC(=O)N1CCN(C(=O)NC2CCCCC2)CC1. The van der Waals surface area contributed by atoms with Gasteiger partial charge < -0.3 is 19.9 Å². The molecule has 0 unspecified atom stereocenters. The molecule has 0 aromatic heterocycles. The lowest BCUT2D eigenvalue weighted by molar-refractivity contribution is -0.132. The number of amides is 3. The van der Waals surface area contributed by atoms with Gasteiger partial charge >= 0.3 is 6.03 Å². The molecule has 1 saturated carbocycles. The molecule has 1 aromatic carbocycles. The number of nitrogens with one attached hydrogen (secondary N) is 1. The van der Waals surface area contributed by atoms with Gasteiger partial charge in [0.2, 0.25) is 5.91 Å². The van der Waals surface area contributed by atoms with Crippen molar-refractivity contribution in [3.8, 4) is 5.75 Å². The van der Waals surface area contributed by atoms with Gasteiger partial charge in [-0.3, -0.25) is 4.79 Å². The molecule has 2 fully saturated rings. The average Bonchev–Trinajstić information content (AvgIpc) is 2.74. The second-order valence-corrected chi connectivity index (χ2v) is 7.69. The van der Waals surface area contributed by atoms with E-state index in [1.807, 2.05) is 41.0 Å². The fourth-order valence-corrected chi connectivity index (χ4v) is 4.08. The molecule has 0 atom stereocenters. The molecule has 1 N–H and O–H groups in total. The molecule has 6 heteroatoms. The summed E-state index contributed by atoms with van der Waals surface area (Å²) in [6.07, 6.45) is 7.03. The molecule has 1 aliphatic carbocycles. The quantitative estimate of drug-likeness (QED) is 0.815. The Balaban J connectivity index is 1.42. The summed E-state index contributed by atoms with van der Waals surface area (Å²) in [7, 11) is 0. The van der Waals surface area contributed by atoms with Crippen molar-refractivity contribution in [1.82, 2.24) is 15.1 Å². The molecule has 28 heavy (non-hydrogen) atoms. The predicted octanol–water partition coefficient (Wildman–Crippen LogP) is 3.20. The second kappa shape index (κ2) is 10.3. The molecule has 6 nitrogen and oxygen atoms in total. The van der Waals surface area contributed by atoms with Gasteiger partial charge in [0.05, 0.1) is 6.61 Å². The number of benzene rings is 1. The number of rotatable bonds is 6. The van der Waals surface area contributed by atoms with Crippen molar-refractivity contribution >= 4 is 11.9 Å². The molecule has 1 heterocycles. The van der Waals surface area contributed by atoms with Crippen molar-refractivity contribution in [3.63, 3.8) is 0 Å². The van der Waals surface area contributed by atoms with E-state index in [4.69, 9.17) is 4.74 Å². The summed E-state index contributed by atoms with van der Waals surface area (Å²) < 4.78 is 5.64. The Hall–Kier alpha value is -2.24. The van der Waals surface area contributed by atoms with Crippen LogP contribution in [0.3, 0.4) is 0 Å². The van der Waals surface area contributed by atoms with E-state index < -0.39 is 0 Å². The second-order valence-electron chi connectivity index (χ2n) is 7.69. The highest BCUT2D eigenvalue weighted by Crippen LogP contribution is 2.20. The molecule has 3 rings (SSSR count). The summed E-state index contributed by atoms with van der Waals surface area (Å²) in [4.78, 5) is 28.8. The van der Waals surface area contributed by atoms with Gasteiger partial charge in [-0.2, -0.15) is 0 Å². The third-order valence-electron chi connectivity index (χ3n) is 5.73. The summed E-state index contributed by atoms with van der Waals surface area (Å²) in [5.74, 6) is 1.01. The van der Waals surface area contributed by atoms with Crippen LogP contribution in [0.25, 0.3) is 0 Å². The first-order chi connectivity index (χ1) is 13.7. The molecular formula is C22H33N3O3. The first kappa shape index (κ1) is 20.5. The standard InChI is InChI=1S/C22H33N3O3/c1-2-28-20-11-7-6-8-18(20)12-13-21(26)24-14-16-25(17-15-24)22(27)23-19-9-4-3-5-10-19/h6-8,11,19H,2-5,9-10,12-17H2,1H3,(H,23,27).